The molecule has 2 aromatic rings. The first-order valence-corrected chi connectivity index (χ1v) is 7.22. The summed E-state index contributed by atoms with van der Waals surface area (Å²) in [6.07, 6.45) is 0.750. The molecule has 22 heavy (non-hydrogen) atoms. The van der Waals surface area contributed by atoms with Crippen LogP contribution in [0.2, 0.25) is 0 Å². The number of rotatable bonds is 4. The summed E-state index contributed by atoms with van der Waals surface area (Å²) in [4.78, 5) is 23.9. The Bertz CT molecular complexity index is 724. The molecule has 2 unspecified atom stereocenters. The number of Topliss-reactive ketones (excluding diaryl/α,β-unsaturated/α-hetero) is 1. The molecule has 0 bridgehead atoms. The first-order chi connectivity index (χ1) is 10.6. The number of hydrogen-bond acceptors (Lipinski definition) is 2. The molecule has 0 spiro atoms. The summed E-state index contributed by atoms with van der Waals surface area (Å²) in [6.45, 7) is 1.48. The molecule has 1 amide bonds. The van der Waals surface area contributed by atoms with E-state index >= 15 is 0 Å². The van der Waals surface area contributed by atoms with Crippen molar-refractivity contribution >= 4 is 17.4 Å². The van der Waals surface area contributed by atoms with Crippen LogP contribution in [0.15, 0.2) is 48.5 Å². The highest BCUT2D eigenvalue weighted by atomic mass is 19.1. The first-order valence-electron chi connectivity index (χ1n) is 7.22. The quantitative estimate of drug-likeness (QED) is 0.873. The third-order valence-corrected chi connectivity index (χ3v) is 3.99. The van der Waals surface area contributed by atoms with E-state index < -0.39 is 0 Å². The zero-order valence-electron chi connectivity index (χ0n) is 12.2. The predicted molar refractivity (Wildman–Crippen MR) is 82.3 cm³/mol. The van der Waals surface area contributed by atoms with Crippen LogP contribution in [0, 0.1) is 11.7 Å². The number of amides is 1. The minimum atomic E-state index is -0.277. The minimum absolute atomic E-state index is 0.0817. The van der Waals surface area contributed by atoms with Crippen LogP contribution in [-0.4, -0.2) is 11.7 Å². The smallest absolute Gasteiger partial charge is 0.228 e. The van der Waals surface area contributed by atoms with Crippen LogP contribution in [0.4, 0.5) is 10.1 Å². The Labute approximate surface area is 128 Å². The third-order valence-electron chi connectivity index (χ3n) is 3.99. The Balaban J connectivity index is 1.69. The molecule has 0 radical (unpaired) electrons. The van der Waals surface area contributed by atoms with E-state index in [1.807, 2.05) is 0 Å². The number of carbonyl (C=O) groups excluding carboxylic acids is 2. The van der Waals surface area contributed by atoms with Crippen LogP contribution in [0.3, 0.4) is 0 Å². The molecular weight excluding hydrogens is 281 g/mol. The van der Waals surface area contributed by atoms with E-state index in [-0.39, 0.29) is 29.3 Å². The van der Waals surface area contributed by atoms with Gasteiger partial charge in [-0.2, -0.15) is 0 Å². The fourth-order valence-electron chi connectivity index (χ4n) is 2.69. The molecule has 3 nitrogen and oxygen atoms in total. The molecule has 0 saturated heterocycles. The number of hydrogen-bond donors (Lipinski definition) is 1. The van der Waals surface area contributed by atoms with Crippen LogP contribution >= 0.6 is 0 Å². The number of para-hydroxylation sites is 1. The van der Waals surface area contributed by atoms with E-state index in [9.17, 15) is 14.0 Å². The van der Waals surface area contributed by atoms with Gasteiger partial charge in [0.2, 0.25) is 5.91 Å². The molecule has 4 heteroatoms. The first kappa shape index (κ1) is 14.4. The second-order valence-electron chi connectivity index (χ2n) is 5.59. The Morgan fingerprint density at radius 1 is 1.09 bits per heavy atom. The zero-order valence-corrected chi connectivity index (χ0v) is 12.2. The van der Waals surface area contributed by atoms with Crippen molar-refractivity contribution in [1.82, 2.24) is 0 Å². The summed E-state index contributed by atoms with van der Waals surface area (Å²) < 4.78 is 12.9. The zero-order chi connectivity index (χ0) is 15.7. The molecule has 2 atom stereocenters. The molecule has 1 aliphatic carbocycles. The fourth-order valence-corrected chi connectivity index (χ4v) is 2.69. The van der Waals surface area contributed by atoms with Gasteiger partial charge in [0, 0.05) is 11.5 Å². The number of anilines is 1. The van der Waals surface area contributed by atoms with E-state index in [1.165, 1.54) is 19.1 Å². The lowest BCUT2D eigenvalue weighted by Crippen LogP contribution is -2.16. The molecule has 3 rings (SSSR count). The summed E-state index contributed by atoms with van der Waals surface area (Å²) in [7, 11) is 0. The largest absolute Gasteiger partial charge is 0.325 e. The Kier molecular flexibility index (Phi) is 3.75. The number of carbonyl (C=O) groups is 2. The maximum atomic E-state index is 12.9. The van der Waals surface area contributed by atoms with Crippen molar-refractivity contribution in [3.63, 3.8) is 0 Å². The van der Waals surface area contributed by atoms with Gasteiger partial charge < -0.3 is 5.32 Å². The van der Waals surface area contributed by atoms with Gasteiger partial charge in [0.1, 0.15) is 5.82 Å². The van der Waals surface area contributed by atoms with Gasteiger partial charge in [0.25, 0.3) is 0 Å². The molecule has 1 fully saturated rings. The maximum Gasteiger partial charge on any atom is 0.228 e. The molecule has 112 valence electrons. The van der Waals surface area contributed by atoms with Gasteiger partial charge >= 0.3 is 0 Å². The molecule has 1 N–H and O–H groups in total. The lowest BCUT2D eigenvalue weighted by atomic mass is 10.1. The topological polar surface area (TPSA) is 46.2 Å². The fraction of sp³-hybridized carbons (Fsp3) is 0.222. The molecule has 1 saturated carbocycles. The standard InChI is InChI=1S/C18H16FNO2/c1-11(21)14-4-2-3-5-17(14)20-18(22)16-10-15(16)12-6-8-13(19)9-7-12/h2-9,15-16H,10H2,1H3,(H,20,22). The Morgan fingerprint density at radius 2 is 1.77 bits per heavy atom. The van der Waals surface area contributed by atoms with Crippen molar-refractivity contribution < 1.29 is 14.0 Å². The van der Waals surface area contributed by atoms with Crippen molar-refractivity contribution in [2.24, 2.45) is 5.92 Å². The van der Waals surface area contributed by atoms with Gasteiger partial charge in [-0.15, -0.1) is 0 Å². The monoisotopic (exact) mass is 297 g/mol. The number of nitrogens with one attached hydrogen (secondary N) is 1. The van der Waals surface area contributed by atoms with E-state index in [4.69, 9.17) is 0 Å². The van der Waals surface area contributed by atoms with Crippen molar-refractivity contribution in [3.05, 3.63) is 65.5 Å². The van der Waals surface area contributed by atoms with Crippen LogP contribution < -0.4 is 5.32 Å². The SMILES string of the molecule is CC(=O)c1ccccc1NC(=O)C1CC1c1ccc(F)cc1. The van der Waals surface area contributed by atoms with Crippen molar-refractivity contribution in [3.8, 4) is 0 Å². The lowest BCUT2D eigenvalue weighted by molar-refractivity contribution is -0.117. The average molecular weight is 297 g/mol. The Hall–Kier alpha value is -2.49. The van der Waals surface area contributed by atoms with Gasteiger partial charge in [-0.3, -0.25) is 9.59 Å². The van der Waals surface area contributed by atoms with E-state index in [0.29, 0.717) is 11.3 Å². The lowest BCUT2D eigenvalue weighted by Gasteiger charge is -2.09. The van der Waals surface area contributed by atoms with E-state index in [0.717, 1.165) is 12.0 Å². The predicted octanol–water partition coefficient (Wildman–Crippen LogP) is 3.77. The molecule has 0 aromatic heterocycles. The highest BCUT2D eigenvalue weighted by Gasteiger charge is 2.44. The second kappa shape index (κ2) is 5.72. The molecular formula is C18H16FNO2. The average Bonchev–Trinajstić information content (AvgIpc) is 3.29. The van der Waals surface area contributed by atoms with E-state index in [2.05, 4.69) is 5.32 Å². The summed E-state index contributed by atoms with van der Waals surface area (Å²) in [5, 5.41) is 2.83. The number of ketones is 1. The van der Waals surface area contributed by atoms with Crippen LogP contribution in [0.5, 0.6) is 0 Å². The van der Waals surface area contributed by atoms with Crippen LogP contribution in [0.25, 0.3) is 0 Å². The van der Waals surface area contributed by atoms with Gasteiger partial charge in [-0.1, -0.05) is 24.3 Å². The Morgan fingerprint density at radius 3 is 2.45 bits per heavy atom. The van der Waals surface area contributed by atoms with Crippen molar-refractivity contribution in [2.75, 3.05) is 5.32 Å². The summed E-state index contributed by atoms with van der Waals surface area (Å²) in [5.74, 6) is -0.443. The molecule has 2 aromatic carbocycles. The van der Waals surface area contributed by atoms with Crippen molar-refractivity contribution in [1.29, 1.82) is 0 Å². The van der Waals surface area contributed by atoms with E-state index in [1.54, 1.807) is 36.4 Å². The summed E-state index contributed by atoms with van der Waals surface area (Å²) in [5.41, 5.74) is 2.03. The minimum Gasteiger partial charge on any atom is -0.325 e. The van der Waals surface area contributed by atoms with Crippen LogP contribution in [-0.2, 0) is 4.79 Å². The highest BCUT2D eigenvalue weighted by Crippen LogP contribution is 2.48. The third kappa shape index (κ3) is 2.91. The van der Waals surface area contributed by atoms with Crippen molar-refractivity contribution in [2.45, 2.75) is 19.3 Å². The molecule has 0 aliphatic heterocycles. The highest BCUT2D eigenvalue weighted by molar-refractivity contribution is 6.04. The van der Waals surface area contributed by atoms with Gasteiger partial charge in [-0.05, 0) is 49.1 Å². The van der Waals surface area contributed by atoms with Gasteiger partial charge in [0.05, 0.1) is 5.69 Å². The maximum absolute atomic E-state index is 12.9. The summed E-state index contributed by atoms with van der Waals surface area (Å²) in [6, 6.07) is 13.2. The normalized spacial score (nSPS) is 19.5. The molecule has 1 aliphatic rings. The molecule has 0 heterocycles. The van der Waals surface area contributed by atoms with Gasteiger partial charge in [0.15, 0.2) is 5.78 Å². The number of benzene rings is 2. The second-order valence-corrected chi connectivity index (χ2v) is 5.59. The van der Waals surface area contributed by atoms with Crippen LogP contribution in [0.1, 0.15) is 35.2 Å². The number of halogens is 1. The summed E-state index contributed by atoms with van der Waals surface area (Å²) >= 11 is 0. The van der Waals surface area contributed by atoms with Gasteiger partial charge in [-0.25, -0.2) is 4.39 Å².